The summed E-state index contributed by atoms with van der Waals surface area (Å²) in [7, 11) is 1.32. The summed E-state index contributed by atoms with van der Waals surface area (Å²) in [5.74, 6) is -0.00958. The number of methoxy groups -OCH3 is 1. The van der Waals surface area contributed by atoms with Crippen LogP contribution in [0.4, 0.5) is 5.82 Å². The van der Waals surface area contributed by atoms with E-state index < -0.39 is 6.04 Å². The molecule has 0 amide bonds. The Balaban J connectivity index is 0.00000196. The average molecular weight is 232 g/mol. The molecule has 1 heterocycles. The number of nitrogens with two attached hydrogens (primary N) is 2. The lowest BCUT2D eigenvalue weighted by atomic mass is 10.1. The van der Waals surface area contributed by atoms with E-state index in [9.17, 15) is 4.79 Å². The van der Waals surface area contributed by atoms with E-state index in [0.717, 1.165) is 0 Å². The second kappa shape index (κ2) is 6.21. The van der Waals surface area contributed by atoms with Gasteiger partial charge in [0.1, 0.15) is 5.82 Å². The first-order chi connectivity index (χ1) is 6.65. The van der Waals surface area contributed by atoms with E-state index in [1.54, 1.807) is 18.3 Å². The van der Waals surface area contributed by atoms with Gasteiger partial charge in [0.15, 0.2) is 0 Å². The molecule has 6 heteroatoms. The quantitative estimate of drug-likeness (QED) is 0.746. The van der Waals surface area contributed by atoms with E-state index in [4.69, 9.17) is 11.5 Å². The predicted octanol–water partition coefficient (Wildman–Crippen LogP) is 0.648. The minimum absolute atomic E-state index is 0. The number of nitrogen functional groups attached to an aromatic ring is 1. The van der Waals surface area contributed by atoms with Gasteiger partial charge < -0.3 is 16.2 Å². The average Bonchev–Trinajstić information content (AvgIpc) is 2.18. The van der Waals surface area contributed by atoms with Crippen LogP contribution in [-0.4, -0.2) is 18.1 Å². The molecule has 0 aromatic carbocycles. The summed E-state index contributed by atoms with van der Waals surface area (Å²) < 4.78 is 4.50. The summed E-state index contributed by atoms with van der Waals surface area (Å²) in [6.45, 7) is 0. The Bertz CT molecular complexity index is 333. The van der Waals surface area contributed by atoms with Crippen LogP contribution in [0.15, 0.2) is 18.3 Å². The van der Waals surface area contributed by atoms with Crippen molar-refractivity contribution in [3.8, 4) is 0 Å². The van der Waals surface area contributed by atoms with Crippen LogP contribution in [0, 0.1) is 0 Å². The summed E-state index contributed by atoms with van der Waals surface area (Å²) in [5.41, 5.74) is 12.0. The molecule has 0 aliphatic heterocycles. The van der Waals surface area contributed by atoms with Gasteiger partial charge in [0.25, 0.3) is 0 Å². The molecular formula is C9H14ClN3O2. The number of nitrogens with zero attached hydrogens (tertiary/aromatic N) is 1. The zero-order valence-corrected chi connectivity index (χ0v) is 9.16. The fraction of sp³-hybridized carbons (Fsp3) is 0.333. The lowest BCUT2D eigenvalue weighted by Gasteiger charge is -2.11. The molecule has 1 rings (SSSR count). The minimum atomic E-state index is -0.462. The van der Waals surface area contributed by atoms with E-state index in [0.29, 0.717) is 11.4 Å². The van der Waals surface area contributed by atoms with Crippen molar-refractivity contribution >= 4 is 24.2 Å². The number of halogens is 1. The Hall–Kier alpha value is -1.33. The van der Waals surface area contributed by atoms with Crippen LogP contribution in [0.25, 0.3) is 0 Å². The van der Waals surface area contributed by atoms with Gasteiger partial charge in [-0.2, -0.15) is 0 Å². The summed E-state index contributed by atoms with van der Waals surface area (Å²) in [6, 6.07) is 3.01. The van der Waals surface area contributed by atoms with E-state index in [-0.39, 0.29) is 24.8 Å². The van der Waals surface area contributed by atoms with Gasteiger partial charge in [-0.3, -0.25) is 4.79 Å². The van der Waals surface area contributed by atoms with Crippen LogP contribution in [0.2, 0.25) is 0 Å². The first-order valence-electron chi connectivity index (χ1n) is 4.18. The highest BCUT2D eigenvalue weighted by molar-refractivity contribution is 5.85. The third-order valence-electron chi connectivity index (χ3n) is 1.88. The third-order valence-corrected chi connectivity index (χ3v) is 1.88. The van der Waals surface area contributed by atoms with Crippen LogP contribution in [0.1, 0.15) is 18.0 Å². The second-order valence-electron chi connectivity index (χ2n) is 2.86. The summed E-state index contributed by atoms with van der Waals surface area (Å²) in [4.78, 5) is 14.8. The van der Waals surface area contributed by atoms with Crippen molar-refractivity contribution in [2.45, 2.75) is 12.5 Å². The Morgan fingerprint density at radius 2 is 2.33 bits per heavy atom. The van der Waals surface area contributed by atoms with E-state index in [1.807, 2.05) is 0 Å². The molecule has 0 unspecified atom stereocenters. The molecule has 0 spiro atoms. The normalized spacial score (nSPS) is 11.3. The number of carbonyl (C=O) groups is 1. The van der Waals surface area contributed by atoms with Gasteiger partial charge in [-0.25, -0.2) is 4.98 Å². The fourth-order valence-corrected chi connectivity index (χ4v) is 1.12. The zero-order valence-electron chi connectivity index (χ0n) is 8.34. The highest BCUT2D eigenvalue weighted by Crippen LogP contribution is 2.18. The van der Waals surface area contributed by atoms with E-state index in [2.05, 4.69) is 9.72 Å². The van der Waals surface area contributed by atoms with E-state index >= 15 is 0 Å². The molecule has 4 N–H and O–H groups in total. The lowest BCUT2D eigenvalue weighted by molar-refractivity contribution is -0.141. The maximum absolute atomic E-state index is 10.9. The molecule has 0 radical (unpaired) electrons. The van der Waals surface area contributed by atoms with Gasteiger partial charge in [0.05, 0.1) is 13.5 Å². The molecule has 0 aliphatic carbocycles. The second-order valence-corrected chi connectivity index (χ2v) is 2.86. The third kappa shape index (κ3) is 3.73. The standard InChI is InChI=1S/C9H13N3O2.ClH/c1-14-8(13)5-7(10)6-3-2-4-12-9(6)11;/h2-4,7H,5,10H2,1H3,(H2,11,12);1H/t7-;/m1./s1. The van der Waals surface area contributed by atoms with E-state index in [1.165, 1.54) is 7.11 Å². The number of rotatable bonds is 3. The first kappa shape index (κ1) is 13.7. The highest BCUT2D eigenvalue weighted by atomic mass is 35.5. The summed E-state index contributed by atoms with van der Waals surface area (Å²) >= 11 is 0. The van der Waals surface area contributed by atoms with Crippen LogP contribution < -0.4 is 11.5 Å². The summed E-state index contributed by atoms with van der Waals surface area (Å²) in [6.07, 6.45) is 1.68. The molecule has 5 nitrogen and oxygen atoms in total. The Labute approximate surface area is 94.2 Å². The number of hydrogen-bond acceptors (Lipinski definition) is 5. The van der Waals surface area contributed by atoms with Crippen LogP contribution >= 0.6 is 12.4 Å². The Morgan fingerprint density at radius 1 is 1.67 bits per heavy atom. The topological polar surface area (TPSA) is 91.2 Å². The number of carbonyl (C=O) groups excluding carboxylic acids is 1. The predicted molar refractivity (Wildman–Crippen MR) is 59.5 cm³/mol. The molecule has 1 atom stereocenters. The minimum Gasteiger partial charge on any atom is -0.469 e. The fourth-order valence-electron chi connectivity index (χ4n) is 1.12. The van der Waals surface area contributed by atoms with Crippen molar-refractivity contribution in [1.82, 2.24) is 4.98 Å². The SMILES string of the molecule is COC(=O)C[C@@H](N)c1cccnc1N.Cl. The molecule has 1 aromatic heterocycles. The maximum Gasteiger partial charge on any atom is 0.307 e. The molecule has 15 heavy (non-hydrogen) atoms. The zero-order chi connectivity index (χ0) is 10.6. The number of ether oxygens (including phenoxy) is 1. The lowest BCUT2D eigenvalue weighted by Crippen LogP contribution is -2.18. The molecule has 0 saturated carbocycles. The highest BCUT2D eigenvalue weighted by Gasteiger charge is 2.14. The molecular weight excluding hydrogens is 218 g/mol. The van der Waals surface area contributed by atoms with Crippen molar-refractivity contribution < 1.29 is 9.53 Å². The number of hydrogen-bond donors (Lipinski definition) is 2. The number of anilines is 1. The van der Waals surface area contributed by atoms with Crippen LogP contribution in [0.3, 0.4) is 0 Å². The van der Waals surface area contributed by atoms with Gasteiger partial charge >= 0.3 is 5.97 Å². The number of esters is 1. The van der Waals surface area contributed by atoms with Gasteiger partial charge in [0, 0.05) is 17.8 Å². The first-order valence-corrected chi connectivity index (χ1v) is 4.18. The van der Waals surface area contributed by atoms with Crippen LogP contribution in [-0.2, 0) is 9.53 Å². The smallest absolute Gasteiger partial charge is 0.307 e. The van der Waals surface area contributed by atoms with Crippen molar-refractivity contribution in [3.63, 3.8) is 0 Å². The molecule has 0 fully saturated rings. The Kier molecular flexibility index (Phi) is 5.66. The van der Waals surface area contributed by atoms with Crippen molar-refractivity contribution in [3.05, 3.63) is 23.9 Å². The molecule has 0 aliphatic rings. The van der Waals surface area contributed by atoms with Crippen molar-refractivity contribution in [2.75, 3.05) is 12.8 Å². The molecule has 84 valence electrons. The largest absolute Gasteiger partial charge is 0.469 e. The number of pyridine rings is 1. The maximum atomic E-state index is 10.9. The Morgan fingerprint density at radius 3 is 2.87 bits per heavy atom. The number of aromatic nitrogens is 1. The van der Waals surface area contributed by atoms with Gasteiger partial charge in [-0.05, 0) is 6.07 Å². The molecule has 1 aromatic rings. The van der Waals surface area contributed by atoms with Gasteiger partial charge in [-0.15, -0.1) is 12.4 Å². The molecule has 0 bridgehead atoms. The monoisotopic (exact) mass is 231 g/mol. The summed E-state index contributed by atoms with van der Waals surface area (Å²) in [5, 5.41) is 0. The van der Waals surface area contributed by atoms with Gasteiger partial charge in [0.2, 0.25) is 0 Å². The molecule has 0 saturated heterocycles. The van der Waals surface area contributed by atoms with Crippen LogP contribution in [0.5, 0.6) is 0 Å². The van der Waals surface area contributed by atoms with Crippen molar-refractivity contribution in [2.24, 2.45) is 5.73 Å². The van der Waals surface area contributed by atoms with Crippen molar-refractivity contribution in [1.29, 1.82) is 0 Å². The van der Waals surface area contributed by atoms with Gasteiger partial charge in [-0.1, -0.05) is 6.07 Å².